The van der Waals surface area contributed by atoms with Gasteiger partial charge in [-0.05, 0) is 70.6 Å². The Morgan fingerprint density at radius 3 is 2.68 bits per heavy atom. The normalized spacial score (nSPS) is 16.0. The van der Waals surface area contributed by atoms with E-state index < -0.39 is 0 Å². The number of hydrogen-bond acceptors (Lipinski definition) is 4. The summed E-state index contributed by atoms with van der Waals surface area (Å²) in [5.41, 5.74) is 2.92. The zero-order chi connectivity index (χ0) is 18.0. The molecule has 1 aliphatic heterocycles. The topological polar surface area (TPSA) is 46.6 Å². The van der Waals surface area contributed by atoms with Gasteiger partial charge in [-0.15, -0.1) is 0 Å². The Hall–Kier alpha value is -1.80. The van der Waals surface area contributed by atoms with Gasteiger partial charge in [-0.25, -0.2) is 0 Å². The van der Waals surface area contributed by atoms with Crippen molar-refractivity contribution in [1.82, 2.24) is 4.90 Å². The predicted octanol–water partition coefficient (Wildman–Crippen LogP) is 4.84. The summed E-state index contributed by atoms with van der Waals surface area (Å²) in [6, 6.07) is 13.5. The van der Waals surface area contributed by atoms with E-state index >= 15 is 0 Å². The molecule has 0 radical (unpaired) electrons. The van der Waals surface area contributed by atoms with Crippen LogP contribution in [0.15, 0.2) is 47.4 Å². The van der Waals surface area contributed by atoms with E-state index in [2.05, 4.69) is 22.6 Å². The molecule has 3 rings (SSSR count). The van der Waals surface area contributed by atoms with Gasteiger partial charge in [0.15, 0.2) is 0 Å². The summed E-state index contributed by atoms with van der Waals surface area (Å²) in [7, 11) is 1.62. The standard InChI is InChI=1S/C19H16INO3S/c1-12-4-3-5-14(8-12)11-21-18(22)17(25-19(21)23)10-13-6-7-16(24-2)15(20)9-13/h3-10H,11H2,1-2H3/b17-10-. The molecule has 2 amide bonds. The number of amides is 2. The molecule has 6 heteroatoms. The van der Waals surface area contributed by atoms with Gasteiger partial charge in [-0.2, -0.15) is 0 Å². The van der Waals surface area contributed by atoms with Crippen LogP contribution in [0.1, 0.15) is 16.7 Å². The maximum Gasteiger partial charge on any atom is 0.293 e. The molecule has 128 valence electrons. The first-order valence-electron chi connectivity index (χ1n) is 7.62. The molecule has 0 aromatic heterocycles. The van der Waals surface area contributed by atoms with Crippen LogP contribution >= 0.6 is 34.4 Å². The molecule has 0 saturated carbocycles. The van der Waals surface area contributed by atoms with Crippen LogP contribution in [-0.2, 0) is 11.3 Å². The van der Waals surface area contributed by atoms with Crippen molar-refractivity contribution in [2.75, 3.05) is 7.11 Å². The Balaban J connectivity index is 1.82. The lowest BCUT2D eigenvalue weighted by molar-refractivity contribution is -0.123. The fourth-order valence-electron chi connectivity index (χ4n) is 2.55. The van der Waals surface area contributed by atoms with E-state index in [-0.39, 0.29) is 11.1 Å². The van der Waals surface area contributed by atoms with Crippen LogP contribution in [0.4, 0.5) is 4.79 Å². The van der Waals surface area contributed by atoms with Crippen LogP contribution in [0.25, 0.3) is 6.08 Å². The molecule has 25 heavy (non-hydrogen) atoms. The second-order valence-electron chi connectivity index (χ2n) is 5.65. The van der Waals surface area contributed by atoms with Crippen molar-refractivity contribution in [2.24, 2.45) is 0 Å². The highest BCUT2D eigenvalue weighted by molar-refractivity contribution is 14.1. The first-order chi connectivity index (χ1) is 12.0. The molecule has 0 atom stereocenters. The maximum absolute atomic E-state index is 12.6. The van der Waals surface area contributed by atoms with E-state index in [1.54, 1.807) is 13.2 Å². The first-order valence-corrected chi connectivity index (χ1v) is 9.52. The molecule has 1 fully saturated rings. The number of ether oxygens (including phenoxy) is 1. The number of methoxy groups -OCH3 is 1. The molecular formula is C19H16INO3S. The highest BCUT2D eigenvalue weighted by Gasteiger charge is 2.34. The lowest BCUT2D eigenvalue weighted by atomic mass is 10.1. The van der Waals surface area contributed by atoms with Crippen molar-refractivity contribution in [3.8, 4) is 5.75 Å². The van der Waals surface area contributed by atoms with Crippen LogP contribution in [0.2, 0.25) is 0 Å². The molecule has 0 N–H and O–H groups in total. The summed E-state index contributed by atoms with van der Waals surface area (Å²) in [6.07, 6.45) is 1.75. The molecule has 0 spiro atoms. The van der Waals surface area contributed by atoms with Gasteiger partial charge in [0.05, 0.1) is 22.1 Å². The van der Waals surface area contributed by atoms with Crippen LogP contribution in [0, 0.1) is 10.5 Å². The van der Waals surface area contributed by atoms with Crippen molar-refractivity contribution in [3.05, 3.63) is 67.6 Å². The minimum absolute atomic E-state index is 0.235. The molecule has 2 aromatic carbocycles. The SMILES string of the molecule is COc1ccc(/C=C2\SC(=O)N(Cc3cccc(C)c3)C2=O)cc1I. The zero-order valence-electron chi connectivity index (χ0n) is 13.8. The molecule has 0 aliphatic carbocycles. The number of aryl methyl sites for hydroxylation is 1. The lowest BCUT2D eigenvalue weighted by Crippen LogP contribution is -2.27. The number of nitrogens with zero attached hydrogens (tertiary/aromatic N) is 1. The largest absolute Gasteiger partial charge is 0.496 e. The van der Waals surface area contributed by atoms with Crippen LogP contribution in [0.5, 0.6) is 5.75 Å². The third-order valence-electron chi connectivity index (χ3n) is 3.77. The smallest absolute Gasteiger partial charge is 0.293 e. The quantitative estimate of drug-likeness (QED) is 0.479. The van der Waals surface area contributed by atoms with Gasteiger partial charge in [-0.1, -0.05) is 35.9 Å². The molecule has 2 aromatic rings. The number of carbonyl (C=O) groups excluding carboxylic acids is 2. The second-order valence-corrected chi connectivity index (χ2v) is 7.81. The first kappa shape index (κ1) is 18.0. The Bertz CT molecular complexity index is 879. The molecule has 1 saturated heterocycles. The van der Waals surface area contributed by atoms with Crippen LogP contribution in [-0.4, -0.2) is 23.2 Å². The van der Waals surface area contributed by atoms with E-state index in [1.165, 1.54) is 4.90 Å². The molecule has 1 aliphatic rings. The Kier molecular flexibility index (Phi) is 5.48. The number of carbonyl (C=O) groups is 2. The van der Waals surface area contributed by atoms with Gasteiger partial charge in [-0.3, -0.25) is 14.5 Å². The van der Waals surface area contributed by atoms with E-state index in [1.807, 2.05) is 49.4 Å². The lowest BCUT2D eigenvalue weighted by Gasteiger charge is -2.12. The fourth-order valence-corrected chi connectivity index (χ4v) is 4.15. The number of rotatable bonds is 4. The number of hydrogen-bond donors (Lipinski definition) is 0. The summed E-state index contributed by atoms with van der Waals surface area (Å²) >= 11 is 3.16. The third-order valence-corrected chi connectivity index (χ3v) is 5.52. The average Bonchev–Trinajstić information content (AvgIpc) is 2.83. The van der Waals surface area contributed by atoms with Crippen molar-refractivity contribution in [2.45, 2.75) is 13.5 Å². The minimum Gasteiger partial charge on any atom is -0.496 e. The zero-order valence-corrected chi connectivity index (χ0v) is 16.8. The number of imide groups is 1. The molecule has 1 heterocycles. The third kappa shape index (κ3) is 4.07. The molecule has 4 nitrogen and oxygen atoms in total. The van der Waals surface area contributed by atoms with E-state index in [9.17, 15) is 9.59 Å². The van der Waals surface area contributed by atoms with Crippen molar-refractivity contribution < 1.29 is 14.3 Å². The number of halogens is 1. The average molecular weight is 465 g/mol. The predicted molar refractivity (Wildman–Crippen MR) is 108 cm³/mol. The summed E-state index contributed by atoms with van der Waals surface area (Å²) in [5.74, 6) is 0.535. The van der Waals surface area contributed by atoms with E-state index in [0.29, 0.717) is 11.4 Å². The van der Waals surface area contributed by atoms with Crippen LogP contribution < -0.4 is 4.74 Å². The highest BCUT2D eigenvalue weighted by Crippen LogP contribution is 2.34. The summed E-state index contributed by atoms with van der Waals surface area (Å²) in [6.45, 7) is 2.28. The van der Waals surface area contributed by atoms with Crippen molar-refractivity contribution in [1.29, 1.82) is 0 Å². The van der Waals surface area contributed by atoms with E-state index in [0.717, 1.165) is 37.8 Å². The van der Waals surface area contributed by atoms with Gasteiger partial charge >= 0.3 is 0 Å². The fraction of sp³-hybridized carbons (Fsp3) is 0.158. The van der Waals surface area contributed by atoms with E-state index in [4.69, 9.17) is 4.74 Å². The van der Waals surface area contributed by atoms with Crippen molar-refractivity contribution in [3.63, 3.8) is 0 Å². The van der Waals surface area contributed by atoms with Gasteiger partial charge in [0, 0.05) is 0 Å². The number of thioether (sulfide) groups is 1. The Labute approximate surface area is 164 Å². The summed E-state index contributed by atoms with van der Waals surface area (Å²) < 4.78 is 6.19. The Morgan fingerprint density at radius 2 is 2.00 bits per heavy atom. The van der Waals surface area contributed by atoms with Gasteiger partial charge < -0.3 is 4.74 Å². The van der Waals surface area contributed by atoms with Crippen LogP contribution in [0.3, 0.4) is 0 Å². The van der Waals surface area contributed by atoms with Gasteiger partial charge in [0.25, 0.3) is 11.1 Å². The second kappa shape index (κ2) is 7.61. The highest BCUT2D eigenvalue weighted by atomic mass is 127. The van der Waals surface area contributed by atoms with Gasteiger partial charge in [0.1, 0.15) is 5.75 Å². The molecule has 0 unspecified atom stereocenters. The van der Waals surface area contributed by atoms with Gasteiger partial charge in [0.2, 0.25) is 0 Å². The number of benzene rings is 2. The monoisotopic (exact) mass is 465 g/mol. The molecule has 0 bridgehead atoms. The Morgan fingerprint density at radius 1 is 1.20 bits per heavy atom. The molecular weight excluding hydrogens is 449 g/mol. The minimum atomic E-state index is -0.248. The maximum atomic E-state index is 12.6. The summed E-state index contributed by atoms with van der Waals surface area (Å²) in [5, 5.41) is -0.235. The summed E-state index contributed by atoms with van der Waals surface area (Å²) in [4.78, 5) is 26.6. The van der Waals surface area contributed by atoms with Crippen molar-refractivity contribution >= 4 is 51.6 Å².